The maximum absolute atomic E-state index is 13.5. The molecular weight excluding hydrogens is 432 g/mol. The number of amides is 2. The van der Waals surface area contributed by atoms with Crippen molar-refractivity contribution >= 4 is 39.8 Å². The predicted octanol–water partition coefficient (Wildman–Crippen LogP) is 5.28. The van der Waals surface area contributed by atoms with Crippen LogP contribution in [-0.2, 0) is 17.6 Å². The molecule has 1 fully saturated rings. The van der Waals surface area contributed by atoms with E-state index in [2.05, 4.69) is 26.1 Å². The van der Waals surface area contributed by atoms with Crippen LogP contribution in [0.4, 0.5) is 5.00 Å². The largest absolute Gasteiger partial charge is 0.378 e. The summed E-state index contributed by atoms with van der Waals surface area (Å²) in [6.45, 7) is 9.10. The van der Waals surface area contributed by atoms with Gasteiger partial charge < -0.3 is 15.0 Å². The van der Waals surface area contributed by atoms with Gasteiger partial charge in [0.25, 0.3) is 11.8 Å². The molecular formula is C24H29ClN2O3S. The molecule has 1 aliphatic carbocycles. The van der Waals surface area contributed by atoms with Crippen molar-refractivity contribution in [3.8, 4) is 0 Å². The summed E-state index contributed by atoms with van der Waals surface area (Å²) in [5, 5.41) is 4.28. The number of rotatable bonds is 3. The van der Waals surface area contributed by atoms with Gasteiger partial charge in [-0.1, -0.05) is 32.4 Å². The van der Waals surface area contributed by atoms with E-state index < -0.39 is 0 Å². The average Bonchev–Trinajstić information content (AvgIpc) is 3.10. The van der Waals surface area contributed by atoms with Crippen molar-refractivity contribution in [2.45, 2.75) is 40.0 Å². The molecule has 0 saturated carbocycles. The second-order valence-corrected chi connectivity index (χ2v) is 10.9. The van der Waals surface area contributed by atoms with Crippen LogP contribution in [0.5, 0.6) is 0 Å². The number of nitrogens with zero attached hydrogens (tertiary/aromatic N) is 1. The molecule has 7 heteroatoms. The standard InChI is InChI=1S/C24H29ClN2O3S/c1-24(2,3)16-6-9-18-19(14-16)31-22(20(18)23(29)27-10-12-30-13-11-27)26-21(28)15-4-7-17(25)8-5-15/h4-5,7-8,16H,6,9-14H2,1-3H3,(H,26,28). The maximum Gasteiger partial charge on any atom is 0.257 e. The fourth-order valence-corrected chi connectivity index (χ4v) is 5.78. The topological polar surface area (TPSA) is 58.6 Å². The van der Waals surface area contributed by atoms with Crippen molar-refractivity contribution in [3.05, 3.63) is 50.9 Å². The summed E-state index contributed by atoms with van der Waals surface area (Å²) in [5.41, 5.74) is 2.53. The quantitative estimate of drug-likeness (QED) is 0.678. The summed E-state index contributed by atoms with van der Waals surface area (Å²) in [5.74, 6) is 0.338. The lowest BCUT2D eigenvalue weighted by molar-refractivity contribution is 0.0303. The summed E-state index contributed by atoms with van der Waals surface area (Å²) in [6.07, 6.45) is 2.88. The van der Waals surface area contributed by atoms with E-state index in [1.165, 1.54) is 4.88 Å². The number of halogens is 1. The summed E-state index contributed by atoms with van der Waals surface area (Å²) in [6, 6.07) is 6.79. The number of hydrogen-bond acceptors (Lipinski definition) is 4. The van der Waals surface area contributed by atoms with Gasteiger partial charge in [0.2, 0.25) is 0 Å². The zero-order chi connectivity index (χ0) is 22.2. The number of morpholine rings is 1. The van der Waals surface area contributed by atoms with Gasteiger partial charge in [-0.3, -0.25) is 9.59 Å². The summed E-state index contributed by atoms with van der Waals surface area (Å²) < 4.78 is 5.42. The third-order valence-corrected chi connectivity index (χ3v) is 7.76. The van der Waals surface area contributed by atoms with Crippen LogP contribution < -0.4 is 5.32 Å². The zero-order valence-corrected chi connectivity index (χ0v) is 19.9. The normalized spacial score (nSPS) is 19.1. The van der Waals surface area contributed by atoms with Crippen molar-refractivity contribution in [2.24, 2.45) is 11.3 Å². The Morgan fingerprint density at radius 1 is 1.16 bits per heavy atom. The molecule has 1 atom stereocenters. The molecule has 0 spiro atoms. The van der Waals surface area contributed by atoms with Gasteiger partial charge in [0.15, 0.2) is 0 Å². The van der Waals surface area contributed by atoms with Crippen LogP contribution in [0, 0.1) is 11.3 Å². The molecule has 0 radical (unpaired) electrons. The van der Waals surface area contributed by atoms with E-state index in [-0.39, 0.29) is 17.2 Å². The molecule has 4 rings (SSSR count). The first-order valence-electron chi connectivity index (χ1n) is 10.8. The van der Waals surface area contributed by atoms with Gasteiger partial charge >= 0.3 is 0 Å². The number of hydrogen-bond donors (Lipinski definition) is 1. The molecule has 1 aliphatic heterocycles. The fourth-order valence-electron chi connectivity index (χ4n) is 4.34. The number of benzene rings is 1. The SMILES string of the molecule is CC(C)(C)C1CCc2c(sc(NC(=O)c3ccc(Cl)cc3)c2C(=O)N2CCOCC2)C1. The van der Waals surface area contributed by atoms with Gasteiger partial charge in [0, 0.05) is 28.6 Å². The van der Waals surface area contributed by atoms with Crippen LogP contribution in [0.15, 0.2) is 24.3 Å². The second kappa shape index (κ2) is 8.93. The van der Waals surface area contributed by atoms with Crippen LogP contribution in [0.25, 0.3) is 0 Å². The van der Waals surface area contributed by atoms with Gasteiger partial charge in [-0.2, -0.15) is 0 Å². The molecule has 2 amide bonds. The highest BCUT2D eigenvalue weighted by atomic mass is 35.5. The first-order valence-corrected chi connectivity index (χ1v) is 12.0. The van der Waals surface area contributed by atoms with Gasteiger partial charge in [-0.25, -0.2) is 0 Å². The van der Waals surface area contributed by atoms with E-state index in [4.69, 9.17) is 16.3 Å². The monoisotopic (exact) mass is 460 g/mol. The number of carbonyl (C=O) groups is 2. The molecule has 1 aromatic carbocycles. The lowest BCUT2D eigenvalue weighted by Crippen LogP contribution is -2.41. The number of fused-ring (bicyclic) bond motifs is 1. The Bertz CT molecular complexity index is 972. The van der Waals surface area contributed by atoms with Gasteiger partial charge in [-0.05, 0) is 60.4 Å². The fraction of sp³-hybridized carbons (Fsp3) is 0.500. The van der Waals surface area contributed by atoms with Crippen molar-refractivity contribution in [1.29, 1.82) is 0 Å². The Hall–Kier alpha value is -1.89. The third-order valence-electron chi connectivity index (χ3n) is 6.34. The van der Waals surface area contributed by atoms with Crippen molar-refractivity contribution in [1.82, 2.24) is 4.90 Å². The Balaban J connectivity index is 1.67. The average molecular weight is 461 g/mol. The van der Waals surface area contributed by atoms with E-state index >= 15 is 0 Å². The lowest BCUT2D eigenvalue weighted by atomic mass is 9.72. The lowest BCUT2D eigenvalue weighted by Gasteiger charge is -2.34. The molecule has 31 heavy (non-hydrogen) atoms. The minimum absolute atomic E-state index is 0.00131. The number of ether oxygens (including phenoxy) is 1. The highest BCUT2D eigenvalue weighted by molar-refractivity contribution is 7.17. The Kier molecular flexibility index (Phi) is 6.42. The van der Waals surface area contributed by atoms with E-state index in [9.17, 15) is 9.59 Å². The first-order chi connectivity index (χ1) is 14.7. The van der Waals surface area contributed by atoms with E-state index in [1.54, 1.807) is 35.6 Å². The molecule has 0 bridgehead atoms. The molecule has 1 saturated heterocycles. The van der Waals surface area contributed by atoms with E-state index in [0.717, 1.165) is 24.8 Å². The summed E-state index contributed by atoms with van der Waals surface area (Å²) in [7, 11) is 0. The van der Waals surface area contributed by atoms with Crippen LogP contribution in [0.3, 0.4) is 0 Å². The van der Waals surface area contributed by atoms with E-state index in [1.807, 2.05) is 4.90 Å². The van der Waals surface area contributed by atoms with E-state index in [0.29, 0.717) is 53.4 Å². The van der Waals surface area contributed by atoms with Crippen LogP contribution in [0.2, 0.25) is 5.02 Å². The van der Waals surface area contributed by atoms with Crippen molar-refractivity contribution in [3.63, 3.8) is 0 Å². The minimum Gasteiger partial charge on any atom is -0.378 e. The molecule has 2 aliphatic rings. The van der Waals surface area contributed by atoms with Crippen LogP contribution in [0.1, 0.15) is 58.3 Å². The Morgan fingerprint density at radius 3 is 2.48 bits per heavy atom. The third kappa shape index (κ3) is 4.81. The molecule has 2 heterocycles. The highest BCUT2D eigenvalue weighted by Gasteiger charge is 2.35. The Labute approximate surface area is 192 Å². The second-order valence-electron chi connectivity index (χ2n) is 9.38. The summed E-state index contributed by atoms with van der Waals surface area (Å²) >= 11 is 7.52. The highest BCUT2D eigenvalue weighted by Crippen LogP contribution is 2.44. The number of carbonyl (C=O) groups excluding carboxylic acids is 2. The van der Waals surface area contributed by atoms with Crippen molar-refractivity contribution in [2.75, 3.05) is 31.6 Å². The van der Waals surface area contributed by atoms with Gasteiger partial charge in [-0.15, -0.1) is 11.3 Å². The zero-order valence-electron chi connectivity index (χ0n) is 18.3. The predicted molar refractivity (Wildman–Crippen MR) is 125 cm³/mol. The number of thiophene rings is 1. The first kappa shape index (κ1) is 22.3. The van der Waals surface area contributed by atoms with Crippen molar-refractivity contribution < 1.29 is 14.3 Å². The molecule has 1 N–H and O–H groups in total. The number of anilines is 1. The summed E-state index contributed by atoms with van der Waals surface area (Å²) in [4.78, 5) is 29.5. The maximum atomic E-state index is 13.5. The van der Waals surface area contributed by atoms with Gasteiger partial charge in [0.05, 0.1) is 18.8 Å². The smallest absolute Gasteiger partial charge is 0.257 e. The number of nitrogens with one attached hydrogen (secondary N) is 1. The van der Waals surface area contributed by atoms with Crippen LogP contribution in [-0.4, -0.2) is 43.0 Å². The minimum atomic E-state index is -0.223. The molecule has 5 nitrogen and oxygen atoms in total. The Morgan fingerprint density at radius 2 is 1.84 bits per heavy atom. The molecule has 166 valence electrons. The van der Waals surface area contributed by atoms with Crippen LogP contribution >= 0.6 is 22.9 Å². The molecule has 1 aromatic heterocycles. The molecule has 2 aromatic rings. The molecule has 1 unspecified atom stereocenters. The van der Waals surface area contributed by atoms with Gasteiger partial charge in [0.1, 0.15) is 5.00 Å².